The fourth-order valence-corrected chi connectivity index (χ4v) is 1.90. The van der Waals surface area contributed by atoms with Gasteiger partial charge >= 0.3 is 5.97 Å². The van der Waals surface area contributed by atoms with E-state index in [4.69, 9.17) is 9.47 Å². The van der Waals surface area contributed by atoms with Crippen LogP contribution in [0, 0.1) is 6.92 Å². The molecule has 5 nitrogen and oxygen atoms in total. The molecule has 0 atom stereocenters. The third kappa shape index (κ3) is 4.02. The monoisotopic (exact) mass is 300 g/mol. The van der Waals surface area contributed by atoms with Crippen LogP contribution in [0.2, 0.25) is 0 Å². The Bertz CT molecular complexity index is 699. The van der Waals surface area contributed by atoms with Gasteiger partial charge in [-0.3, -0.25) is 0 Å². The lowest BCUT2D eigenvalue weighted by molar-refractivity contribution is -0.128. The van der Waals surface area contributed by atoms with E-state index in [1.54, 1.807) is 37.3 Å². The van der Waals surface area contributed by atoms with Crippen molar-refractivity contribution in [2.75, 3.05) is 7.11 Å². The molecule has 22 heavy (non-hydrogen) atoms. The minimum atomic E-state index is -0.572. The summed E-state index contributed by atoms with van der Waals surface area (Å²) < 4.78 is 10.1. The second-order valence-corrected chi connectivity index (χ2v) is 4.69. The predicted molar refractivity (Wildman–Crippen MR) is 82.2 cm³/mol. The lowest BCUT2D eigenvalue weighted by Crippen LogP contribution is -2.03. The summed E-state index contributed by atoms with van der Waals surface area (Å²) in [6.45, 7) is 1.79. The summed E-state index contributed by atoms with van der Waals surface area (Å²) in [5, 5.41) is 18.9. The highest BCUT2D eigenvalue weighted by Crippen LogP contribution is 2.27. The number of phenols is 2. The summed E-state index contributed by atoms with van der Waals surface area (Å²) in [5.74, 6) is 0.0825. The molecule has 114 valence electrons. The number of benzene rings is 2. The highest BCUT2D eigenvalue weighted by molar-refractivity contribution is 5.88. The van der Waals surface area contributed by atoms with Crippen LogP contribution >= 0.6 is 0 Å². The van der Waals surface area contributed by atoms with Gasteiger partial charge in [0.2, 0.25) is 0 Å². The first-order valence-corrected chi connectivity index (χ1v) is 6.55. The van der Waals surface area contributed by atoms with Crippen LogP contribution in [-0.2, 0) is 4.79 Å². The molecule has 0 aromatic heterocycles. The number of hydrogen-bond donors (Lipinski definition) is 2. The number of carbonyl (C=O) groups is 1. The number of aryl methyl sites for hydroxylation is 1. The van der Waals surface area contributed by atoms with Crippen molar-refractivity contribution >= 4 is 12.0 Å². The van der Waals surface area contributed by atoms with E-state index in [0.717, 1.165) is 5.56 Å². The number of phenolic OH excluding ortho intramolecular Hbond substituents is 2. The van der Waals surface area contributed by atoms with Crippen LogP contribution in [0.3, 0.4) is 0 Å². The van der Waals surface area contributed by atoms with Crippen LogP contribution in [-0.4, -0.2) is 23.3 Å². The largest absolute Gasteiger partial charge is 0.508 e. The molecular weight excluding hydrogens is 284 g/mol. The highest BCUT2D eigenvalue weighted by Gasteiger charge is 2.04. The molecule has 0 bridgehead atoms. The standard InChI is InChI=1S/C17H16O5/c1-11-7-13(18)10-14(8-11)22-17(20)6-4-12-3-5-15(19)16(9-12)21-2/h3-10,18-19H,1-2H3/b6-4+. The van der Waals surface area contributed by atoms with Gasteiger partial charge < -0.3 is 19.7 Å². The van der Waals surface area contributed by atoms with Gasteiger partial charge in [0.25, 0.3) is 0 Å². The fourth-order valence-electron chi connectivity index (χ4n) is 1.90. The van der Waals surface area contributed by atoms with Crippen molar-refractivity contribution in [3.63, 3.8) is 0 Å². The van der Waals surface area contributed by atoms with E-state index in [-0.39, 0.29) is 17.2 Å². The zero-order valence-corrected chi connectivity index (χ0v) is 12.2. The predicted octanol–water partition coefficient (Wildman–Crippen LogP) is 3.03. The average molecular weight is 300 g/mol. The van der Waals surface area contributed by atoms with Crippen LogP contribution in [0.5, 0.6) is 23.0 Å². The molecule has 2 aromatic carbocycles. The molecule has 2 rings (SSSR count). The molecular formula is C17H16O5. The van der Waals surface area contributed by atoms with Crippen LogP contribution in [0.1, 0.15) is 11.1 Å². The number of esters is 1. The normalized spacial score (nSPS) is 10.6. The Balaban J connectivity index is 2.08. The van der Waals surface area contributed by atoms with Gasteiger partial charge in [0.1, 0.15) is 11.5 Å². The smallest absolute Gasteiger partial charge is 0.336 e. The van der Waals surface area contributed by atoms with Crippen LogP contribution in [0.25, 0.3) is 6.08 Å². The van der Waals surface area contributed by atoms with E-state index in [0.29, 0.717) is 11.3 Å². The molecule has 0 amide bonds. The Morgan fingerprint density at radius 1 is 1.14 bits per heavy atom. The zero-order valence-electron chi connectivity index (χ0n) is 12.2. The van der Waals surface area contributed by atoms with Gasteiger partial charge in [0.05, 0.1) is 7.11 Å². The fraction of sp³-hybridized carbons (Fsp3) is 0.118. The SMILES string of the molecule is COc1cc(/C=C/C(=O)Oc2cc(C)cc(O)c2)ccc1O. The molecule has 0 spiro atoms. The van der Waals surface area contributed by atoms with Crippen molar-refractivity contribution in [2.45, 2.75) is 6.92 Å². The second kappa shape index (κ2) is 6.67. The van der Waals surface area contributed by atoms with Gasteiger partial charge in [-0.2, -0.15) is 0 Å². The van der Waals surface area contributed by atoms with E-state index < -0.39 is 5.97 Å². The number of carbonyl (C=O) groups excluding carboxylic acids is 1. The third-order valence-corrected chi connectivity index (χ3v) is 2.87. The highest BCUT2D eigenvalue weighted by atomic mass is 16.5. The molecule has 0 fully saturated rings. The number of ether oxygens (including phenoxy) is 2. The molecule has 5 heteroatoms. The van der Waals surface area contributed by atoms with Gasteiger partial charge in [-0.05, 0) is 48.4 Å². The van der Waals surface area contributed by atoms with Gasteiger partial charge in [-0.1, -0.05) is 6.07 Å². The Hall–Kier alpha value is -2.95. The topological polar surface area (TPSA) is 76.0 Å². The maximum Gasteiger partial charge on any atom is 0.336 e. The molecule has 0 heterocycles. The molecule has 0 saturated carbocycles. The van der Waals surface area contributed by atoms with Gasteiger partial charge in [-0.25, -0.2) is 4.79 Å². The quantitative estimate of drug-likeness (QED) is 0.515. The number of hydrogen-bond acceptors (Lipinski definition) is 5. The second-order valence-electron chi connectivity index (χ2n) is 4.69. The summed E-state index contributed by atoms with van der Waals surface area (Å²) in [6.07, 6.45) is 2.80. The Kier molecular flexibility index (Phi) is 4.68. The number of aromatic hydroxyl groups is 2. The van der Waals surface area contributed by atoms with Crippen LogP contribution < -0.4 is 9.47 Å². The zero-order chi connectivity index (χ0) is 16.1. The summed E-state index contributed by atoms with van der Waals surface area (Å²) in [7, 11) is 1.45. The van der Waals surface area contributed by atoms with E-state index in [9.17, 15) is 15.0 Å². The first kappa shape index (κ1) is 15.4. The van der Waals surface area contributed by atoms with Crippen LogP contribution in [0.15, 0.2) is 42.5 Å². The summed E-state index contributed by atoms with van der Waals surface area (Å²) >= 11 is 0. The van der Waals surface area contributed by atoms with Crippen molar-refractivity contribution < 1.29 is 24.5 Å². The lowest BCUT2D eigenvalue weighted by Gasteiger charge is -2.04. The van der Waals surface area contributed by atoms with Crippen molar-refractivity contribution in [3.05, 3.63) is 53.6 Å². The first-order chi connectivity index (χ1) is 10.5. The number of rotatable bonds is 4. The van der Waals surface area contributed by atoms with E-state index in [1.807, 2.05) is 0 Å². The summed E-state index contributed by atoms with van der Waals surface area (Å²) in [4.78, 5) is 11.8. The molecule has 0 saturated heterocycles. The minimum absolute atomic E-state index is 0.0254. The maximum absolute atomic E-state index is 11.8. The van der Waals surface area contributed by atoms with Crippen molar-refractivity contribution in [3.8, 4) is 23.0 Å². The van der Waals surface area contributed by atoms with E-state index in [1.165, 1.54) is 25.3 Å². The van der Waals surface area contributed by atoms with Crippen molar-refractivity contribution in [1.82, 2.24) is 0 Å². The van der Waals surface area contributed by atoms with Gasteiger partial charge in [0.15, 0.2) is 11.5 Å². The Morgan fingerprint density at radius 2 is 1.91 bits per heavy atom. The van der Waals surface area contributed by atoms with E-state index in [2.05, 4.69) is 0 Å². The average Bonchev–Trinajstić information content (AvgIpc) is 2.45. The van der Waals surface area contributed by atoms with Crippen molar-refractivity contribution in [2.24, 2.45) is 0 Å². The molecule has 0 aliphatic carbocycles. The Morgan fingerprint density at radius 3 is 2.59 bits per heavy atom. The molecule has 2 N–H and O–H groups in total. The maximum atomic E-state index is 11.8. The molecule has 0 unspecified atom stereocenters. The van der Waals surface area contributed by atoms with Gasteiger partial charge in [0, 0.05) is 12.1 Å². The summed E-state index contributed by atoms with van der Waals surface area (Å²) in [5.41, 5.74) is 1.47. The van der Waals surface area contributed by atoms with Crippen LogP contribution in [0.4, 0.5) is 0 Å². The third-order valence-electron chi connectivity index (χ3n) is 2.87. The first-order valence-electron chi connectivity index (χ1n) is 6.55. The molecule has 2 aromatic rings. The minimum Gasteiger partial charge on any atom is -0.508 e. The molecule has 0 radical (unpaired) electrons. The Labute approximate surface area is 128 Å². The summed E-state index contributed by atoms with van der Waals surface area (Å²) in [6, 6.07) is 9.29. The van der Waals surface area contributed by atoms with Gasteiger partial charge in [-0.15, -0.1) is 0 Å². The lowest BCUT2D eigenvalue weighted by atomic mass is 10.2. The van der Waals surface area contributed by atoms with Crippen molar-refractivity contribution in [1.29, 1.82) is 0 Å². The van der Waals surface area contributed by atoms with E-state index >= 15 is 0 Å². The molecule has 0 aliphatic heterocycles. The number of methoxy groups -OCH3 is 1. The molecule has 0 aliphatic rings.